The predicted molar refractivity (Wildman–Crippen MR) is 60.1 cm³/mol. The van der Waals surface area contributed by atoms with Gasteiger partial charge in [-0.15, -0.1) is 0 Å². The van der Waals surface area contributed by atoms with Crippen LogP contribution < -0.4 is 5.32 Å². The molecule has 1 fully saturated rings. The lowest BCUT2D eigenvalue weighted by molar-refractivity contribution is 0.183. The van der Waals surface area contributed by atoms with Crippen LogP contribution in [0, 0.1) is 0 Å². The summed E-state index contributed by atoms with van der Waals surface area (Å²) in [4.78, 5) is 13.0. The number of amides is 2. The normalized spacial score (nSPS) is 20.8. The number of hydrogen-bond acceptors (Lipinski definition) is 4. The minimum absolute atomic E-state index is 0.0158. The van der Waals surface area contributed by atoms with Crippen molar-refractivity contribution >= 4 is 15.9 Å². The maximum Gasteiger partial charge on any atom is 0.317 e. The largest absolute Gasteiger partial charge is 0.379 e. The molecule has 94 valence electrons. The van der Waals surface area contributed by atoms with E-state index in [0.717, 1.165) is 12.7 Å². The average Bonchev–Trinajstić information content (AvgIpc) is 2.65. The summed E-state index contributed by atoms with van der Waals surface area (Å²) in [5.74, 6) is -0.0158. The Labute approximate surface area is 95.9 Å². The maximum absolute atomic E-state index is 11.6. The zero-order valence-corrected chi connectivity index (χ0v) is 10.4. The van der Waals surface area contributed by atoms with Crippen LogP contribution >= 0.6 is 0 Å². The summed E-state index contributed by atoms with van der Waals surface area (Å²) >= 11 is 0. The Bertz CT molecular complexity index is 335. The van der Waals surface area contributed by atoms with Gasteiger partial charge in [0.05, 0.1) is 18.4 Å². The molecule has 7 heteroatoms. The number of nitrogens with zero attached hydrogens (tertiary/aromatic N) is 1. The minimum atomic E-state index is -3.03. The molecule has 1 saturated heterocycles. The Morgan fingerprint density at radius 3 is 2.75 bits per heavy atom. The molecule has 0 spiro atoms. The summed E-state index contributed by atoms with van der Waals surface area (Å²) in [5, 5.41) is 2.78. The molecule has 1 atom stereocenters. The summed E-state index contributed by atoms with van der Waals surface area (Å²) in [7, 11) is -1.45. The van der Waals surface area contributed by atoms with Gasteiger partial charge in [0.2, 0.25) is 0 Å². The molecule has 2 amide bonds. The molecule has 1 N–H and O–H groups in total. The number of carbonyl (C=O) groups is 1. The summed E-state index contributed by atoms with van der Waals surface area (Å²) in [6.07, 6.45) is 1.97. The van der Waals surface area contributed by atoms with E-state index in [-0.39, 0.29) is 24.4 Å². The van der Waals surface area contributed by atoms with Crippen LogP contribution in [-0.2, 0) is 14.6 Å². The second-order valence-electron chi connectivity index (χ2n) is 4.06. The van der Waals surface area contributed by atoms with E-state index in [0.29, 0.717) is 13.2 Å². The van der Waals surface area contributed by atoms with Gasteiger partial charge in [0.25, 0.3) is 0 Å². The molecule has 16 heavy (non-hydrogen) atoms. The molecule has 0 saturated carbocycles. The molecule has 0 aliphatic carbocycles. The number of ether oxygens (including phenoxy) is 1. The quantitative estimate of drug-likeness (QED) is 0.727. The maximum atomic E-state index is 11.6. The van der Waals surface area contributed by atoms with Gasteiger partial charge in [0, 0.05) is 26.5 Å². The summed E-state index contributed by atoms with van der Waals surface area (Å²) in [6, 6.07) is -0.202. The van der Waals surface area contributed by atoms with Crippen LogP contribution in [-0.4, -0.2) is 64.2 Å². The third kappa shape index (κ3) is 4.80. The summed E-state index contributed by atoms with van der Waals surface area (Å²) in [6.45, 7) is 1.40. The molecule has 1 aliphatic heterocycles. The monoisotopic (exact) mass is 250 g/mol. The fraction of sp³-hybridized carbons (Fsp3) is 0.889. The van der Waals surface area contributed by atoms with E-state index < -0.39 is 9.84 Å². The van der Waals surface area contributed by atoms with Crippen LogP contribution in [0.4, 0.5) is 4.79 Å². The van der Waals surface area contributed by atoms with Gasteiger partial charge in [-0.25, -0.2) is 13.2 Å². The highest BCUT2D eigenvalue weighted by atomic mass is 32.2. The SMILES string of the molecule is CN(CCS(C)(=O)=O)C(=O)NC1CCOC1. The number of urea groups is 1. The van der Waals surface area contributed by atoms with Gasteiger partial charge < -0.3 is 15.0 Å². The molecule has 0 bridgehead atoms. The van der Waals surface area contributed by atoms with E-state index in [9.17, 15) is 13.2 Å². The lowest BCUT2D eigenvalue weighted by Crippen LogP contribution is -2.44. The lowest BCUT2D eigenvalue weighted by Gasteiger charge is -2.19. The molecule has 1 aliphatic rings. The van der Waals surface area contributed by atoms with Crippen LogP contribution in [0.25, 0.3) is 0 Å². The van der Waals surface area contributed by atoms with Crippen molar-refractivity contribution in [3.63, 3.8) is 0 Å². The highest BCUT2D eigenvalue weighted by molar-refractivity contribution is 7.90. The van der Waals surface area contributed by atoms with E-state index in [2.05, 4.69) is 5.32 Å². The molecule has 1 heterocycles. The molecule has 0 aromatic carbocycles. The third-order valence-corrected chi connectivity index (χ3v) is 3.33. The Morgan fingerprint density at radius 1 is 1.56 bits per heavy atom. The fourth-order valence-electron chi connectivity index (χ4n) is 1.34. The number of sulfone groups is 1. The van der Waals surface area contributed by atoms with Crippen molar-refractivity contribution in [1.82, 2.24) is 10.2 Å². The first kappa shape index (κ1) is 13.2. The fourth-order valence-corrected chi connectivity index (χ4v) is 1.94. The van der Waals surface area contributed by atoms with Crippen LogP contribution in [0.5, 0.6) is 0 Å². The summed E-state index contributed by atoms with van der Waals surface area (Å²) < 4.78 is 27.0. The number of nitrogens with one attached hydrogen (secondary N) is 1. The van der Waals surface area contributed by atoms with Gasteiger partial charge in [-0.1, -0.05) is 0 Å². The molecule has 0 aromatic rings. The Balaban J connectivity index is 2.29. The number of rotatable bonds is 4. The third-order valence-electron chi connectivity index (χ3n) is 2.40. The second-order valence-corrected chi connectivity index (χ2v) is 6.32. The van der Waals surface area contributed by atoms with Crippen molar-refractivity contribution in [3.05, 3.63) is 0 Å². The van der Waals surface area contributed by atoms with Crippen LogP contribution in [0.2, 0.25) is 0 Å². The lowest BCUT2D eigenvalue weighted by atomic mass is 10.3. The summed E-state index contributed by atoms with van der Waals surface area (Å²) in [5.41, 5.74) is 0. The van der Waals surface area contributed by atoms with Crippen molar-refractivity contribution in [2.75, 3.05) is 38.8 Å². The first-order valence-electron chi connectivity index (χ1n) is 5.15. The van der Waals surface area contributed by atoms with E-state index in [1.165, 1.54) is 4.90 Å². The Morgan fingerprint density at radius 2 is 2.25 bits per heavy atom. The predicted octanol–water partition coefficient (Wildman–Crippen LogP) is -0.539. The van der Waals surface area contributed by atoms with Crippen LogP contribution in [0.1, 0.15) is 6.42 Å². The van der Waals surface area contributed by atoms with Crippen LogP contribution in [0.15, 0.2) is 0 Å². The van der Waals surface area contributed by atoms with E-state index in [1.807, 2.05) is 0 Å². The first-order chi connectivity index (χ1) is 7.38. The highest BCUT2D eigenvalue weighted by Crippen LogP contribution is 2.03. The number of hydrogen-bond donors (Lipinski definition) is 1. The van der Waals surface area contributed by atoms with Crippen molar-refractivity contribution in [2.24, 2.45) is 0 Å². The molecular weight excluding hydrogens is 232 g/mol. The molecule has 0 aromatic heterocycles. The topological polar surface area (TPSA) is 75.7 Å². The van der Waals surface area contributed by atoms with Crippen LogP contribution in [0.3, 0.4) is 0 Å². The van der Waals surface area contributed by atoms with Crippen molar-refractivity contribution in [2.45, 2.75) is 12.5 Å². The Hall–Kier alpha value is -0.820. The smallest absolute Gasteiger partial charge is 0.317 e. The van der Waals surface area contributed by atoms with Gasteiger partial charge in [0.15, 0.2) is 0 Å². The van der Waals surface area contributed by atoms with Gasteiger partial charge >= 0.3 is 6.03 Å². The Kier molecular flexibility index (Phi) is 4.55. The van der Waals surface area contributed by atoms with E-state index in [1.54, 1.807) is 7.05 Å². The van der Waals surface area contributed by atoms with E-state index in [4.69, 9.17) is 4.74 Å². The van der Waals surface area contributed by atoms with Crippen molar-refractivity contribution < 1.29 is 17.9 Å². The molecule has 6 nitrogen and oxygen atoms in total. The van der Waals surface area contributed by atoms with Gasteiger partial charge in [-0.05, 0) is 6.42 Å². The standard InChI is InChI=1S/C9H18N2O4S/c1-11(4-6-16(2,13)14)9(12)10-8-3-5-15-7-8/h8H,3-7H2,1-2H3,(H,10,12). The van der Waals surface area contributed by atoms with Gasteiger partial charge in [0.1, 0.15) is 9.84 Å². The van der Waals surface area contributed by atoms with Crippen molar-refractivity contribution in [1.29, 1.82) is 0 Å². The average molecular weight is 250 g/mol. The first-order valence-corrected chi connectivity index (χ1v) is 7.21. The molecule has 1 unspecified atom stereocenters. The highest BCUT2D eigenvalue weighted by Gasteiger charge is 2.19. The van der Waals surface area contributed by atoms with E-state index >= 15 is 0 Å². The number of carbonyl (C=O) groups excluding carboxylic acids is 1. The zero-order valence-electron chi connectivity index (χ0n) is 9.60. The van der Waals surface area contributed by atoms with Crippen molar-refractivity contribution in [3.8, 4) is 0 Å². The second kappa shape index (κ2) is 5.49. The molecular formula is C9H18N2O4S. The minimum Gasteiger partial charge on any atom is -0.379 e. The molecule has 1 rings (SSSR count). The van der Waals surface area contributed by atoms with Gasteiger partial charge in [-0.3, -0.25) is 0 Å². The molecule has 0 radical (unpaired) electrons. The van der Waals surface area contributed by atoms with Gasteiger partial charge in [-0.2, -0.15) is 0 Å². The zero-order chi connectivity index (χ0) is 12.2.